The van der Waals surface area contributed by atoms with Gasteiger partial charge in [-0.05, 0) is 19.3 Å². The van der Waals surface area contributed by atoms with Crippen molar-refractivity contribution in [3.63, 3.8) is 0 Å². The Morgan fingerprint density at radius 1 is 1.62 bits per heavy atom. The molecule has 0 saturated carbocycles. The van der Waals surface area contributed by atoms with E-state index in [0.717, 1.165) is 19.3 Å². The minimum Gasteiger partial charge on any atom is -0.480 e. The molecule has 76 valence electrons. The predicted molar refractivity (Wildman–Crippen MR) is 45.2 cm³/mol. The number of ether oxygens (including phenoxy) is 1. The van der Waals surface area contributed by atoms with Crippen molar-refractivity contribution in [1.29, 1.82) is 0 Å². The number of carbonyl (C=O) groups is 1. The first-order valence-corrected chi connectivity index (χ1v) is 4.45. The van der Waals surface area contributed by atoms with E-state index in [9.17, 15) is 4.79 Å². The van der Waals surface area contributed by atoms with Gasteiger partial charge in [-0.15, -0.1) is 0 Å². The highest BCUT2D eigenvalue weighted by Crippen LogP contribution is 2.10. The second-order valence-electron chi connectivity index (χ2n) is 3.10. The number of hydrogen-bond donors (Lipinski definition) is 3. The topological polar surface area (TPSA) is 78.8 Å². The molecule has 0 bridgehead atoms. The van der Waals surface area contributed by atoms with E-state index in [4.69, 9.17) is 14.9 Å². The molecule has 13 heavy (non-hydrogen) atoms. The normalized spacial score (nSPS) is 25.5. The smallest absolute Gasteiger partial charge is 0.323 e. The zero-order valence-electron chi connectivity index (χ0n) is 7.40. The molecule has 1 rings (SSSR count). The summed E-state index contributed by atoms with van der Waals surface area (Å²) >= 11 is 0. The van der Waals surface area contributed by atoms with E-state index in [-0.39, 0.29) is 6.23 Å². The van der Waals surface area contributed by atoms with Crippen LogP contribution in [-0.2, 0) is 9.53 Å². The summed E-state index contributed by atoms with van der Waals surface area (Å²) in [6, 6.07) is -0.914. The van der Waals surface area contributed by atoms with Gasteiger partial charge in [0.15, 0.2) is 0 Å². The molecule has 0 amide bonds. The molecule has 2 atom stereocenters. The predicted octanol–water partition coefficient (Wildman–Crippen LogP) is -0.452. The zero-order valence-corrected chi connectivity index (χ0v) is 7.40. The third-order valence-electron chi connectivity index (χ3n) is 2.05. The summed E-state index contributed by atoms with van der Waals surface area (Å²) in [6.45, 7) is 0.255. The summed E-state index contributed by atoms with van der Waals surface area (Å²) in [6.07, 6.45) is 2.65. The van der Waals surface area contributed by atoms with Crippen LogP contribution in [0.1, 0.15) is 19.3 Å². The van der Waals surface area contributed by atoms with Crippen LogP contribution in [0.3, 0.4) is 0 Å². The lowest BCUT2D eigenvalue weighted by Gasteiger charge is -2.25. The molecular weight excluding hydrogens is 174 g/mol. The Labute approximate surface area is 76.7 Å². The fourth-order valence-electron chi connectivity index (χ4n) is 1.30. The van der Waals surface area contributed by atoms with Crippen LogP contribution in [0.15, 0.2) is 0 Å². The van der Waals surface area contributed by atoms with Gasteiger partial charge in [0.05, 0.1) is 6.61 Å². The summed E-state index contributed by atoms with van der Waals surface area (Å²) < 4.78 is 5.27. The van der Waals surface area contributed by atoms with Crippen LogP contribution in [-0.4, -0.2) is 41.7 Å². The van der Waals surface area contributed by atoms with E-state index in [1.165, 1.54) is 0 Å². The molecule has 1 aliphatic rings. The molecule has 3 N–H and O–H groups in total. The molecule has 0 aromatic heterocycles. The number of hydrogen-bond acceptors (Lipinski definition) is 4. The van der Waals surface area contributed by atoms with Crippen LogP contribution in [0.5, 0.6) is 0 Å². The van der Waals surface area contributed by atoms with Gasteiger partial charge in [-0.3, -0.25) is 10.1 Å². The molecule has 1 heterocycles. The summed E-state index contributed by atoms with van der Waals surface area (Å²) in [5, 5.41) is 20.1. The molecule has 5 heteroatoms. The van der Waals surface area contributed by atoms with E-state index in [1.807, 2.05) is 0 Å². The minimum atomic E-state index is -1.04. The second-order valence-corrected chi connectivity index (χ2v) is 3.10. The van der Waals surface area contributed by atoms with Gasteiger partial charge in [0, 0.05) is 6.61 Å². The zero-order chi connectivity index (χ0) is 9.68. The Kier molecular flexibility index (Phi) is 4.14. The molecular formula is C8H15NO4. The molecule has 0 radical (unpaired) electrons. The summed E-state index contributed by atoms with van der Waals surface area (Å²) in [7, 11) is 0. The van der Waals surface area contributed by atoms with E-state index < -0.39 is 18.6 Å². The van der Waals surface area contributed by atoms with Gasteiger partial charge in [0.25, 0.3) is 0 Å². The molecule has 1 saturated heterocycles. The van der Waals surface area contributed by atoms with E-state index in [0.29, 0.717) is 6.61 Å². The fraction of sp³-hybridized carbons (Fsp3) is 0.875. The first-order chi connectivity index (χ1) is 6.24. The lowest BCUT2D eigenvalue weighted by atomic mass is 10.1. The average molecular weight is 189 g/mol. The maximum absolute atomic E-state index is 10.5. The Hall–Kier alpha value is -0.650. The van der Waals surface area contributed by atoms with Crippen molar-refractivity contribution in [2.45, 2.75) is 31.5 Å². The van der Waals surface area contributed by atoms with Crippen molar-refractivity contribution in [2.75, 3.05) is 13.2 Å². The Balaban J connectivity index is 2.31. The van der Waals surface area contributed by atoms with Crippen LogP contribution in [0.25, 0.3) is 0 Å². The van der Waals surface area contributed by atoms with Crippen LogP contribution < -0.4 is 5.32 Å². The first kappa shape index (κ1) is 10.4. The van der Waals surface area contributed by atoms with Crippen molar-refractivity contribution < 1.29 is 19.7 Å². The largest absolute Gasteiger partial charge is 0.480 e. The first-order valence-electron chi connectivity index (χ1n) is 4.45. The second kappa shape index (κ2) is 5.16. The number of aliphatic carboxylic acids is 1. The van der Waals surface area contributed by atoms with E-state index in [2.05, 4.69) is 5.32 Å². The Morgan fingerprint density at radius 2 is 2.38 bits per heavy atom. The van der Waals surface area contributed by atoms with Crippen LogP contribution in [0, 0.1) is 0 Å². The van der Waals surface area contributed by atoms with E-state index in [1.54, 1.807) is 0 Å². The molecule has 1 unspecified atom stereocenters. The van der Waals surface area contributed by atoms with Gasteiger partial charge in [0.1, 0.15) is 12.3 Å². The lowest BCUT2D eigenvalue weighted by molar-refractivity contribution is -0.142. The number of carboxylic acids is 1. The van der Waals surface area contributed by atoms with Gasteiger partial charge in [-0.25, -0.2) is 0 Å². The molecule has 0 spiro atoms. The highest BCUT2D eigenvalue weighted by molar-refractivity contribution is 5.73. The maximum Gasteiger partial charge on any atom is 0.323 e. The summed E-state index contributed by atoms with van der Waals surface area (Å²) in [4.78, 5) is 10.5. The quantitative estimate of drug-likeness (QED) is 0.558. The molecule has 0 aliphatic carbocycles. The van der Waals surface area contributed by atoms with Crippen LogP contribution >= 0.6 is 0 Å². The number of aliphatic hydroxyl groups excluding tert-OH is 1. The fourth-order valence-corrected chi connectivity index (χ4v) is 1.30. The molecule has 0 aromatic carbocycles. The number of carboxylic acid groups (broad SMARTS) is 1. The van der Waals surface area contributed by atoms with E-state index >= 15 is 0 Å². The molecule has 1 fully saturated rings. The highest BCUT2D eigenvalue weighted by atomic mass is 16.5. The average Bonchev–Trinajstić information content (AvgIpc) is 2.15. The maximum atomic E-state index is 10.5. The molecule has 1 aliphatic heterocycles. The third kappa shape index (κ3) is 3.30. The molecule has 5 nitrogen and oxygen atoms in total. The minimum absolute atomic E-state index is 0.220. The van der Waals surface area contributed by atoms with Crippen molar-refractivity contribution in [3.8, 4) is 0 Å². The van der Waals surface area contributed by atoms with Crippen molar-refractivity contribution in [3.05, 3.63) is 0 Å². The highest BCUT2D eigenvalue weighted by Gasteiger charge is 2.22. The summed E-state index contributed by atoms with van der Waals surface area (Å²) in [5.74, 6) is -1.04. The Morgan fingerprint density at radius 3 is 2.85 bits per heavy atom. The SMILES string of the molecule is O=C(O)[C@H](CO)NC1CCCCO1. The summed E-state index contributed by atoms with van der Waals surface area (Å²) in [5.41, 5.74) is 0. The van der Waals surface area contributed by atoms with Crippen LogP contribution in [0.2, 0.25) is 0 Å². The number of aliphatic hydroxyl groups is 1. The van der Waals surface area contributed by atoms with Gasteiger partial charge in [0.2, 0.25) is 0 Å². The lowest BCUT2D eigenvalue weighted by Crippen LogP contribution is -2.47. The standard InChI is InChI=1S/C8H15NO4/c10-5-6(8(11)12)9-7-3-1-2-4-13-7/h6-7,9-10H,1-5H2,(H,11,12)/t6-,7?/m0/s1. The number of rotatable bonds is 4. The monoisotopic (exact) mass is 189 g/mol. The van der Waals surface area contributed by atoms with Crippen molar-refractivity contribution in [2.24, 2.45) is 0 Å². The van der Waals surface area contributed by atoms with Gasteiger partial charge >= 0.3 is 5.97 Å². The van der Waals surface area contributed by atoms with Gasteiger partial charge in [-0.2, -0.15) is 0 Å². The Bertz CT molecular complexity index is 168. The van der Waals surface area contributed by atoms with Gasteiger partial charge in [-0.1, -0.05) is 0 Å². The number of nitrogens with one attached hydrogen (secondary N) is 1. The van der Waals surface area contributed by atoms with Crippen molar-refractivity contribution >= 4 is 5.97 Å². The third-order valence-corrected chi connectivity index (χ3v) is 2.05. The van der Waals surface area contributed by atoms with Crippen molar-refractivity contribution in [1.82, 2.24) is 5.32 Å². The van der Waals surface area contributed by atoms with Crippen LogP contribution in [0.4, 0.5) is 0 Å². The molecule has 0 aromatic rings. The van der Waals surface area contributed by atoms with Gasteiger partial charge < -0.3 is 14.9 Å².